The van der Waals surface area contributed by atoms with Crippen LogP contribution >= 0.6 is 24.0 Å². The molecule has 0 aliphatic carbocycles. The van der Waals surface area contributed by atoms with Gasteiger partial charge in [-0.15, -0.1) is 0 Å². The van der Waals surface area contributed by atoms with Gasteiger partial charge in [-0.25, -0.2) is 0 Å². The van der Waals surface area contributed by atoms with Gasteiger partial charge in [0.15, 0.2) is 15.8 Å². The van der Waals surface area contributed by atoms with Gasteiger partial charge >= 0.3 is 0 Å². The number of fused-ring (bicyclic) bond motifs is 1. The van der Waals surface area contributed by atoms with Crippen LogP contribution in [-0.4, -0.2) is 21.9 Å². The van der Waals surface area contributed by atoms with E-state index in [0.29, 0.717) is 26.4 Å². The van der Waals surface area contributed by atoms with Crippen molar-refractivity contribution in [2.24, 2.45) is 0 Å². The molecule has 130 valence electrons. The summed E-state index contributed by atoms with van der Waals surface area (Å²) in [6.45, 7) is 0.174. The molecule has 0 N–H and O–H groups in total. The maximum Gasteiger partial charge on any atom is 0.271 e. The number of rotatable bonds is 3. The number of nitrogens with zero attached hydrogens (tertiary/aromatic N) is 2. The predicted octanol–water partition coefficient (Wildman–Crippen LogP) is 3.73. The zero-order valence-electron chi connectivity index (χ0n) is 13.1. The first-order valence-corrected chi connectivity index (χ1v) is 8.67. The largest absolute Gasteiger partial charge is 0.454 e. The zero-order valence-corrected chi connectivity index (χ0v) is 14.7. The van der Waals surface area contributed by atoms with Crippen molar-refractivity contribution in [3.8, 4) is 11.5 Å². The second-order valence-corrected chi connectivity index (χ2v) is 7.08. The van der Waals surface area contributed by atoms with Crippen molar-refractivity contribution in [3.63, 3.8) is 0 Å². The van der Waals surface area contributed by atoms with Crippen LogP contribution in [0.5, 0.6) is 11.5 Å². The number of carbonyl (C=O) groups is 1. The van der Waals surface area contributed by atoms with Gasteiger partial charge in [0.05, 0.1) is 15.5 Å². The molecule has 0 bridgehead atoms. The first-order chi connectivity index (χ1) is 12.5. The number of non-ortho nitro benzene ring substituents is 1. The summed E-state index contributed by atoms with van der Waals surface area (Å²) in [7, 11) is 0. The summed E-state index contributed by atoms with van der Waals surface area (Å²) in [6, 6.07) is 11.2. The van der Waals surface area contributed by atoms with Crippen molar-refractivity contribution in [2.45, 2.75) is 0 Å². The Hall–Kier alpha value is -2.91. The van der Waals surface area contributed by atoms with E-state index in [-0.39, 0.29) is 18.4 Å². The normalized spacial score (nSPS) is 17.2. The molecule has 0 saturated carbocycles. The van der Waals surface area contributed by atoms with Crippen LogP contribution in [-0.2, 0) is 4.79 Å². The van der Waals surface area contributed by atoms with Crippen molar-refractivity contribution in [3.05, 3.63) is 63.0 Å². The summed E-state index contributed by atoms with van der Waals surface area (Å²) in [5, 5.41) is 11.0. The number of nitro benzene ring substituents is 1. The molecule has 2 aromatic rings. The number of benzene rings is 2. The van der Waals surface area contributed by atoms with Crippen LogP contribution in [0.25, 0.3) is 6.08 Å². The minimum atomic E-state index is -0.510. The van der Waals surface area contributed by atoms with E-state index in [1.165, 1.54) is 23.1 Å². The highest BCUT2D eigenvalue weighted by atomic mass is 32.2. The summed E-state index contributed by atoms with van der Waals surface area (Å²) in [6.07, 6.45) is 1.71. The minimum Gasteiger partial charge on any atom is -0.454 e. The van der Waals surface area contributed by atoms with Gasteiger partial charge in [0.1, 0.15) is 0 Å². The smallest absolute Gasteiger partial charge is 0.271 e. The van der Waals surface area contributed by atoms with Crippen LogP contribution in [0, 0.1) is 10.1 Å². The van der Waals surface area contributed by atoms with E-state index in [9.17, 15) is 14.9 Å². The summed E-state index contributed by atoms with van der Waals surface area (Å²) in [5.74, 6) is 0.956. The maximum atomic E-state index is 12.8. The van der Waals surface area contributed by atoms with E-state index in [1.54, 1.807) is 24.3 Å². The van der Waals surface area contributed by atoms with E-state index >= 15 is 0 Å². The highest BCUT2D eigenvalue weighted by molar-refractivity contribution is 8.27. The van der Waals surface area contributed by atoms with Crippen molar-refractivity contribution >= 4 is 51.7 Å². The van der Waals surface area contributed by atoms with Gasteiger partial charge in [0, 0.05) is 12.1 Å². The molecule has 0 aromatic heterocycles. The standard InChI is InChI=1S/C17H10N2O5S2/c20-16-15(7-10-4-5-13-14(6-10)24-9-23-13)26-17(25)18(16)11-2-1-3-12(8-11)19(21)22/h1-8H,9H2/b15-7-. The van der Waals surface area contributed by atoms with Crippen LogP contribution in [0.4, 0.5) is 11.4 Å². The van der Waals surface area contributed by atoms with E-state index < -0.39 is 4.92 Å². The Morgan fingerprint density at radius 1 is 1.19 bits per heavy atom. The third kappa shape index (κ3) is 2.91. The Bertz CT molecular complexity index is 989. The summed E-state index contributed by atoms with van der Waals surface area (Å²) >= 11 is 6.44. The molecule has 2 aliphatic rings. The number of carbonyl (C=O) groups excluding carboxylic acids is 1. The second-order valence-electron chi connectivity index (χ2n) is 5.41. The quantitative estimate of drug-likeness (QED) is 0.344. The van der Waals surface area contributed by atoms with Crippen LogP contribution in [0.1, 0.15) is 5.56 Å². The molecular weight excluding hydrogens is 376 g/mol. The van der Waals surface area contributed by atoms with Gasteiger partial charge in [-0.05, 0) is 29.8 Å². The number of hydrogen-bond acceptors (Lipinski definition) is 7. The number of ether oxygens (including phenoxy) is 2. The molecule has 0 unspecified atom stereocenters. The Labute approximate surface area is 157 Å². The van der Waals surface area contributed by atoms with E-state index in [4.69, 9.17) is 21.7 Å². The fourth-order valence-electron chi connectivity index (χ4n) is 2.59. The van der Waals surface area contributed by atoms with Gasteiger partial charge in [0.2, 0.25) is 6.79 Å². The average Bonchev–Trinajstić information content (AvgIpc) is 3.19. The molecule has 1 fully saturated rings. The highest BCUT2D eigenvalue weighted by Crippen LogP contribution is 2.38. The predicted molar refractivity (Wildman–Crippen MR) is 101 cm³/mol. The molecule has 9 heteroatoms. The summed E-state index contributed by atoms with van der Waals surface area (Å²) < 4.78 is 10.9. The zero-order chi connectivity index (χ0) is 18.3. The number of hydrogen-bond donors (Lipinski definition) is 0. The molecular formula is C17H10N2O5S2. The molecule has 0 radical (unpaired) electrons. The lowest BCUT2D eigenvalue weighted by molar-refractivity contribution is -0.384. The van der Waals surface area contributed by atoms with E-state index in [0.717, 1.165) is 17.3 Å². The Kier molecular flexibility index (Phi) is 4.09. The second kappa shape index (κ2) is 6.43. The fourth-order valence-corrected chi connectivity index (χ4v) is 3.89. The molecule has 0 atom stereocenters. The topological polar surface area (TPSA) is 81.9 Å². The third-order valence-electron chi connectivity index (χ3n) is 3.79. The summed E-state index contributed by atoms with van der Waals surface area (Å²) in [4.78, 5) is 24.9. The van der Waals surface area contributed by atoms with Crippen molar-refractivity contribution in [2.75, 3.05) is 11.7 Å². The number of thioether (sulfide) groups is 1. The summed E-state index contributed by atoms with van der Waals surface area (Å²) in [5.41, 5.74) is 1.04. The van der Waals surface area contributed by atoms with E-state index in [1.807, 2.05) is 6.07 Å². The number of anilines is 1. The molecule has 26 heavy (non-hydrogen) atoms. The minimum absolute atomic E-state index is 0.101. The lowest BCUT2D eigenvalue weighted by atomic mass is 10.2. The fraction of sp³-hybridized carbons (Fsp3) is 0.0588. The molecule has 7 nitrogen and oxygen atoms in total. The monoisotopic (exact) mass is 386 g/mol. The first-order valence-electron chi connectivity index (χ1n) is 7.45. The van der Waals surface area contributed by atoms with Gasteiger partial charge in [0.25, 0.3) is 11.6 Å². The number of nitro groups is 1. The van der Waals surface area contributed by atoms with Crippen LogP contribution < -0.4 is 14.4 Å². The number of amides is 1. The third-order valence-corrected chi connectivity index (χ3v) is 5.09. The molecule has 2 heterocycles. The Morgan fingerprint density at radius 2 is 2.00 bits per heavy atom. The SMILES string of the molecule is O=C1/C(=C/c2ccc3c(c2)OCO3)SC(=S)N1c1cccc([N+](=O)[O-])c1. The van der Waals surface area contributed by atoms with Crippen molar-refractivity contribution in [1.29, 1.82) is 0 Å². The highest BCUT2D eigenvalue weighted by Gasteiger charge is 2.34. The first kappa shape index (κ1) is 16.6. The molecule has 1 amide bonds. The van der Waals surface area contributed by atoms with Crippen molar-refractivity contribution in [1.82, 2.24) is 0 Å². The molecule has 2 aromatic carbocycles. The van der Waals surface area contributed by atoms with Crippen LogP contribution in [0.3, 0.4) is 0 Å². The van der Waals surface area contributed by atoms with Crippen molar-refractivity contribution < 1.29 is 19.2 Å². The van der Waals surface area contributed by atoms with Crippen LogP contribution in [0.15, 0.2) is 47.4 Å². The Balaban J connectivity index is 1.65. The van der Waals surface area contributed by atoms with Crippen LogP contribution in [0.2, 0.25) is 0 Å². The Morgan fingerprint density at radius 3 is 2.81 bits per heavy atom. The average molecular weight is 386 g/mol. The van der Waals surface area contributed by atoms with Gasteiger partial charge in [-0.3, -0.25) is 19.8 Å². The van der Waals surface area contributed by atoms with E-state index in [2.05, 4.69) is 0 Å². The molecule has 0 spiro atoms. The van der Waals surface area contributed by atoms with Gasteiger partial charge in [-0.1, -0.05) is 36.1 Å². The molecule has 1 saturated heterocycles. The maximum absolute atomic E-state index is 12.8. The lowest BCUT2D eigenvalue weighted by Gasteiger charge is -2.13. The lowest BCUT2D eigenvalue weighted by Crippen LogP contribution is -2.27. The molecule has 4 rings (SSSR count). The number of thiocarbonyl (C=S) groups is 1. The van der Waals surface area contributed by atoms with Gasteiger partial charge in [-0.2, -0.15) is 0 Å². The van der Waals surface area contributed by atoms with Gasteiger partial charge < -0.3 is 9.47 Å². The molecule has 2 aliphatic heterocycles.